The lowest BCUT2D eigenvalue weighted by Gasteiger charge is -2.13. The number of aryl methyl sites for hydroxylation is 3. The first-order chi connectivity index (χ1) is 12.4. The minimum Gasteiger partial charge on any atom is -0.326 e. The maximum Gasteiger partial charge on any atom is 0.228 e. The summed E-state index contributed by atoms with van der Waals surface area (Å²) >= 11 is 5.94. The number of benzene rings is 2. The Morgan fingerprint density at radius 3 is 2.38 bits per heavy atom. The number of carbonyl (C=O) groups excluding carboxylic acids is 2. The van der Waals surface area contributed by atoms with Gasteiger partial charge in [0.25, 0.3) is 0 Å². The van der Waals surface area contributed by atoms with Crippen LogP contribution in [0.5, 0.6) is 0 Å². The van der Waals surface area contributed by atoms with Gasteiger partial charge in [0.1, 0.15) is 0 Å². The first kappa shape index (κ1) is 18.5. The lowest BCUT2D eigenvalue weighted by Crippen LogP contribution is -2.21. The van der Waals surface area contributed by atoms with Crippen molar-refractivity contribution in [3.63, 3.8) is 0 Å². The molecule has 0 heterocycles. The van der Waals surface area contributed by atoms with Crippen molar-refractivity contribution in [2.45, 2.75) is 33.6 Å². The van der Waals surface area contributed by atoms with Crippen molar-refractivity contribution in [3.8, 4) is 0 Å². The van der Waals surface area contributed by atoms with Gasteiger partial charge in [0.2, 0.25) is 11.8 Å². The highest BCUT2D eigenvalue weighted by molar-refractivity contribution is 6.30. The van der Waals surface area contributed by atoms with Gasteiger partial charge in [0.15, 0.2) is 0 Å². The minimum absolute atomic E-state index is 0.0815. The largest absolute Gasteiger partial charge is 0.326 e. The molecule has 0 spiro atoms. The highest BCUT2D eigenvalue weighted by atomic mass is 35.5. The Balaban J connectivity index is 1.63. The summed E-state index contributed by atoms with van der Waals surface area (Å²) < 4.78 is 0. The number of halogens is 1. The first-order valence-corrected chi connectivity index (χ1v) is 9.25. The Kier molecular flexibility index (Phi) is 5.33. The van der Waals surface area contributed by atoms with Gasteiger partial charge < -0.3 is 10.6 Å². The number of anilines is 2. The maximum atomic E-state index is 12.6. The molecule has 1 saturated carbocycles. The molecule has 2 unspecified atom stereocenters. The molecule has 2 amide bonds. The molecule has 3 rings (SSSR count). The fourth-order valence-electron chi connectivity index (χ4n) is 3.19. The van der Waals surface area contributed by atoms with Gasteiger partial charge in [0.05, 0.1) is 11.8 Å². The minimum atomic E-state index is -0.279. The summed E-state index contributed by atoms with van der Waals surface area (Å²) in [5.74, 6) is -0.746. The second kappa shape index (κ2) is 7.50. The van der Waals surface area contributed by atoms with Crippen LogP contribution in [0.4, 0.5) is 11.4 Å². The molecule has 2 aromatic carbocycles. The van der Waals surface area contributed by atoms with Crippen molar-refractivity contribution in [3.05, 3.63) is 58.1 Å². The van der Waals surface area contributed by atoms with Crippen molar-refractivity contribution in [2.75, 3.05) is 10.6 Å². The van der Waals surface area contributed by atoms with Gasteiger partial charge in [-0.2, -0.15) is 0 Å². The van der Waals surface area contributed by atoms with Crippen LogP contribution in [0.2, 0.25) is 5.02 Å². The van der Waals surface area contributed by atoms with Crippen LogP contribution in [-0.2, 0) is 16.0 Å². The number of hydrogen-bond donors (Lipinski definition) is 2. The smallest absolute Gasteiger partial charge is 0.228 e. The van der Waals surface area contributed by atoms with E-state index in [1.54, 1.807) is 18.2 Å². The monoisotopic (exact) mass is 370 g/mol. The van der Waals surface area contributed by atoms with Gasteiger partial charge in [-0.25, -0.2) is 0 Å². The third kappa shape index (κ3) is 3.91. The quantitative estimate of drug-likeness (QED) is 0.799. The Morgan fingerprint density at radius 2 is 1.73 bits per heavy atom. The molecule has 2 N–H and O–H groups in total. The molecule has 26 heavy (non-hydrogen) atoms. The van der Waals surface area contributed by atoms with Crippen molar-refractivity contribution in [1.29, 1.82) is 0 Å². The van der Waals surface area contributed by atoms with E-state index in [1.807, 2.05) is 32.0 Å². The van der Waals surface area contributed by atoms with E-state index in [4.69, 9.17) is 11.6 Å². The molecule has 0 aliphatic heterocycles. The van der Waals surface area contributed by atoms with Crippen LogP contribution >= 0.6 is 11.6 Å². The van der Waals surface area contributed by atoms with E-state index in [1.165, 1.54) is 0 Å². The van der Waals surface area contributed by atoms with Crippen LogP contribution in [0.3, 0.4) is 0 Å². The predicted molar refractivity (Wildman–Crippen MR) is 106 cm³/mol. The van der Waals surface area contributed by atoms with E-state index in [-0.39, 0.29) is 23.7 Å². The topological polar surface area (TPSA) is 58.2 Å². The fourth-order valence-corrected chi connectivity index (χ4v) is 3.41. The SMILES string of the molecule is CCc1cccc(C)c1NC(=O)C1CC1C(=O)Nc1ccc(Cl)cc1C. The van der Waals surface area contributed by atoms with E-state index >= 15 is 0 Å². The second-order valence-electron chi connectivity index (χ2n) is 6.85. The summed E-state index contributed by atoms with van der Waals surface area (Å²) in [6.07, 6.45) is 1.43. The molecule has 1 aliphatic carbocycles. The lowest BCUT2D eigenvalue weighted by molar-refractivity contribution is -0.122. The summed E-state index contributed by atoms with van der Waals surface area (Å²) in [4.78, 5) is 25.0. The highest BCUT2D eigenvalue weighted by Crippen LogP contribution is 2.41. The maximum absolute atomic E-state index is 12.6. The molecule has 136 valence electrons. The Bertz CT molecular complexity index is 863. The van der Waals surface area contributed by atoms with Crippen molar-refractivity contribution >= 4 is 34.8 Å². The summed E-state index contributed by atoms with van der Waals surface area (Å²) in [7, 11) is 0. The summed E-state index contributed by atoms with van der Waals surface area (Å²) in [5.41, 5.74) is 4.66. The van der Waals surface area contributed by atoms with Crippen LogP contribution in [-0.4, -0.2) is 11.8 Å². The third-order valence-electron chi connectivity index (χ3n) is 4.90. The van der Waals surface area contributed by atoms with Gasteiger partial charge in [0, 0.05) is 16.4 Å². The average Bonchev–Trinajstić information content (AvgIpc) is 3.40. The van der Waals surface area contributed by atoms with Gasteiger partial charge in [-0.15, -0.1) is 0 Å². The Morgan fingerprint density at radius 1 is 1.04 bits per heavy atom. The molecule has 4 nitrogen and oxygen atoms in total. The Hall–Kier alpha value is -2.33. The molecule has 0 saturated heterocycles. The number of carbonyl (C=O) groups is 2. The molecule has 1 fully saturated rings. The highest BCUT2D eigenvalue weighted by Gasteiger charge is 2.48. The molecule has 0 aromatic heterocycles. The van der Waals surface area contributed by atoms with Gasteiger partial charge >= 0.3 is 0 Å². The molecule has 2 aromatic rings. The zero-order valence-corrected chi connectivity index (χ0v) is 16.0. The molecular weight excluding hydrogens is 348 g/mol. The van der Waals surface area contributed by atoms with E-state index in [0.29, 0.717) is 11.4 Å². The van der Waals surface area contributed by atoms with Crippen LogP contribution in [0.25, 0.3) is 0 Å². The first-order valence-electron chi connectivity index (χ1n) is 8.87. The number of para-hydroxylation sites is 1. The predicted octanol–water partition coefficient (Wildman–Crippen LogP) is 4.73. The molecular formula is C21H23ClN2O2. The van der Waals surface area contributed by atoms with Gasteiger partial charge in [-0.3, -0.25) is 9.59 Å². The number of rotatable bonds is 5. The standard InChI is InChI=1S/C21H23ClN2O2/c1-4-14-7-5-6-12(2)19(14)24-21(26)17-11-16(17)20(25)23-18-9-8-15(22)10-13(18)3/h5-10,16-17H,4,11H2,1-3H3,(H,23,25)(H,24,26). The van der Waals surface area contributed by atoms with Crippen molar-refractivity contribution in [2.24, 2.45) is 11.8 Å². The Labute approximate surface area is 158 Å². The third-order valence-corrected chi connectivity index (χ3v) is 5.13. The molecule has 1 aliphatic rings. The lowest BCUT2D eigenvalue weighted by atomic mass is 10.1. The number of hydrogen-bond acceptors (Lipinski definition) is 2. The zero-order chi connectivity index (χ0) is 18.8. The van der Waals surface area contributed by atoms with E-state index < -0.39 is 0 Å². The number of nitrogens with one attached hydrogen (secondary N) is 2. The van der Waals surface area contributed by atoms with Crippen molar-refractivity contribution < 1.29 is 9.59 Å². The zero-order valence-electron chi connectivity index (χ0n) is 15.2. The molecule has 5 heteroatoms. The second-order valence-corrected chi connectivity index (χ2v) is 7.29. The molecule has 0 radical (unpaired) electrons. The molecule has 2 atom stereocenters. The fraction of sp³-hybridized carbons (Fsp3) is 0.333. The van der Waals surface area contributed by atoms with Crippen LogP contribution < -0.4 is 10.6 Å². The van der Waals surface area contributed by atoms with Crippen molar-refractivity contribution in [1.82, 2.24) is 0 Å². The van der Waals surface area contributed by atoms with Gasteiger partial charge in [-0.1, -0.05) is 36.7 Å². The normalized spacial score (nSPS) is 18.3. The van der Waals surface area contributed by atoms with Crippen LogP contribution in [0, 0.1) is 25.7 Å². The van der Waals surface area contributed by atoms with E-state index in [0.717, 1.165) is 34.5 Å². The summed E-state index contributed by atoms with van der Waals surface area (Å²) in [6, 6.07) is 11.3. The number of amides is 2. The summed E-state index contributed by atoms with van der Waals surface area (Å²) in [5, 5.41) is 6.56. The average molecular weight is 371 g/mol. The van der Waals surface area contributed by atoms with Crippen LogP contribution in [0.15, 0.2) is 36.4 Å². The molecule has 0 bridgehead atoms. The van der Waals surface area contributed by atoms with E-state index in [9.17, 15) is 9.59 Å². The summed E-state index contributed by atoms with van der Waals surface area (Å²) in [6.45, 7) is 5.93. The van der Waals surface area contributed by atoms with Gasteiger partial charge in [-0.05, 0) is 61.6 Å². The van der Waals surface area contributed by atoms with E-state index in [2.05, 4.69) is 17.6 Å². The van der Waals surface area contributed by atoms with Crippen LogP contribution in [0.1, 0.15) is 30.0 Å².